The molecule has 1 aliphatic rings. The standard InChI is InChI=1S/C15H23N5O2/c1-4-5-8-19-9-6-7-10-20-11-12(16-14(19)20)17(2)15(22)18(3)13(11)21/h4-10H2,1-3H3. The molecule has 2 aromatic rings. The third kappa shape index (κ3) is 2.15. The predicted octanol–water partition coefficient (Wildman–Crippen LogP) is 0.834. The summed E-state index contributed by atoms with van der Waals surface area (Å²) in [5, 5.41) is 0. The number of unbranched alkanes of at least 4 members (excludes halogenated alkanes) is 1. The molecular formula is C15H23N5O2. The summed E-state index contributed by atoms with van der Waals surface area (Å²) in [5.41, 5.74) is 0.453. The number of anilines is 1. The number of hydrogen-bond acceptors (Lipinski definition) is 4. The smallest absolute Gasteiger partial charge is 0.332 e. The van der Waals surface area contributed by atoms with Crippen LogP contribution in [0, 0.1) is 0 Å². The molecule has 0 N–H and O–H groups in total. The number of rotatable bonds is 3. The van der Waals surface area contributed by atoms with E-state index in [9.17, 15) is 9.59 Å². The molecule has 0 spiro atoms. The molecule has 7 nitrogen and oxygen atoms in total. The fourth-order valence-electron chi connectivity index (χ4n) is 3.12. The number of aromatic nitrogens is 4. The van der Waals surface area contributed by atoms with Crippen LogP contribution >= 0.6 is 0 Å². The molecule has 7 heteroatoms. The largest absolute Gasteiger partial charge is 0.342 e. The van der Waals surface area contributed by atoms with Crippen molar-refractivity contribution in [2.75, 3.05) is 18.0 Å². The van der Waals surface area contributed by atoms with Crippen LogP contribution in [0.5, 0.6) is 0 Å². The summed E-state index contributed by atoms with van der Waals surface area (Å²) in [4.78, 5) is 31.5. The van der Waals surface area contributed by atoms with E-state index in [0.29, 0.717) is 11.2 Å². The molecular weight excluding hydrogens is 282 g/mol. The Morgan fingerprint density at radius 1 is 1.09 bits per heavy atom. The van der Waals surface area contributed by atoms with Crippen molar-refractivity contribution in [3.8, 4) is 0 Å². The van der Waals surface area contributed by atoms with Crippen molar-refractivity contribution in [2.24, 2.45) is 14.1 Å². The van der Waals surface area contributed by atoms with Gasteiger partial charge in [-0.25, -0.2) is 4.79 Å². The lowest BCUT2D eigenvalue weighted by atomic mass is 10.3. The summed E-state index contributed by atoms with van der Waals surface area (Å²) in [6, 6.07) is 0. The van der Waals surface area contributed by atoms with Gasteiger partial charge in [0.05, 0.1) is 0 Å². The summed E-state index contributed by atoms with van der Waals surface area (Å²) in [7, 11) is 3.20. The Labute approximate surface area is 128 Å². The Morgan fingerprint density at radius 3 is 2.55 bits per heavy atom. The Hall–Kier alpha value is -2.05. The summed E-state index contributed by atoms with van der Waals surface area (Å²) < 4.78 is 4.63. The summed E-state index contributed by atoms with van der Waals surface area (Å²) in [6.45, 7) is 4.84. The third-order valence-electron chi connectivity index (χ3n) is 4.45. The molecule has 0 fully saturated rings. The Kier molecular flexibility index (Phi) is 3.80. The Balaban J connectivity index is 2.27. The number of fused-ring (bicyclic) bond motifs is 3. The van der Waals surface area contributed by atoms with Crippen molar-refractivity contribution in [1.29, 1.82) is 0 Å². The maximum Gasteiger partial charge on any atom is 0.332 e. The van der Waals surface area contributed by atoms with Crippen LogP contribution < -0.4 is 16.1 Å². The van der Waals surface area contributed by atoms with Crippen LogP contribution in [0.3, 0.4) is 0 Å². The highest BCUT2D eigenvalue weighted by Crippen LogP contribution is 2.23. The van der Waals surface area contributed by atoms with Gasteiger partial charge in [0.1, 0.15) is 0 Å². The van der Waals surface area contributed by atoms with Crippen molar-refractivity contribution in [3.63, 3.8) is 0 Å². The van der Waals surface area contributed by atoms with Crippen molar-refractivity contribution >= 4 is 17.1 Å². The Bertz CT molecular complexity index is 814. The molecule has 0 bridgehead atoms. The van der Waals surface area contributed by atoms with Crippen LogP contribution in [0.2, 0.25) is 0 Å². The highest BCUT2D eigenvalue weighted by Gasteiger charge is 2.23. The van der Waals surface area contributed by atoms with Gasteiger partial charge in [-0.1, -0.05) is 13.3 Å². The summed E-state index contributed by atoms with van der Waals surface area (Å²) in [5.74, 6) is 0.833. The van der Waals surface area contributed by atoms with Gasteiger partial charge in [-0.05, 0) is 19.3 Å². The zero-order chi connectivity index (χ0) is 15.9. The fraction of sp³-hybridized carbons (Fsp3) is 0.667. The normalized spacial score (nSPS) is 15.1. The monoisotopic (exact) mass is 305 g/mol. The van der Waals surface area contributed by atoms with E-state index in [1.807, 2.05) is 4.57 Å². The van der Waals surface area contributed by atoms with Crippen molar-refractivity contribution < 1.29 is 0 Å². The van der Waals surface area contributed by atoms with E-state index in [2.05, 4.69) is 16.8 Å². The van der Waals surface area contributed by atoms with Crippen LogP contribution in [0.25, 0.3) is 11.2 Å². The van der Waals surface area contributed by atoms with Crippen molar-refractivity contribution in [2.45, 2.75) is 39.2 Å². The maximum atomic E-state index is 12.5. The van der Waals surface area contributed by atoms with E-state index in [4.69, 9.17) is 0 Å². The van der Waals surface area contributed by atoms with Crippen LogP contribution in [0.1, 0.15) is 32.6 Å². The van der Waals surface area contributed by atoms with E-state index >= 15 is 0 Å². The van der Waals surface area contributed by atoms with Gasteiger partial charge < -0.3 is 9.47 Å². The number of nitrogens with zero attached hydrogens (tertiary/aromatic N) is 5. The molecule has 0 aliphatic carbocycles. The quantitative estimate of drug-likeness (QED) is 0.842. The number of imidazole rings is 1. The molecule has 0 radical (unpaired) electrons. The van der Waals surface area contributed by atoms with Gasteiger partial charge in [0, 0.05) is 33.7 Å². The molecule has 0 aromatic carbocycles. The van der Waals surface area contributed by atoms with Gasteiger partial charge >= 0.3 is 5.69 Å². The lowest BCUT2D eigenvalue weighted by Crippen LogP contribution is -2.37. The molecule has 1 aliphatic heterocycles. The predicted molar refractivity (Wildman–Crippen MR) is 86.6 cm³/mol. The highest BCUT2D eigenvalue weighted by atomic mass is 16.2. The minimum Gasteiger partial charge on any atom is -0.342 e. The highest BCUT2D eigenvalue weighted by molar-refractivity contribution is 5.74. The van der Waals surface area contributed by atoms with Crippen molar-refractivity contribution in [1.82, 2.24) is 18.7 Å². The molecule has 3 heterocycles. The molecule has 120 valence electrons. The van der Waals surface area contributed by atoms with Gasteiger partial charge in [0.15, 0.2) is 11.2 Å². The molecule has 0 atom stereocenters. The molecule has 0 saturated carbocycles. The van der Waals surface area contributed by atoms with Gasteiger partial charge in [-0.3, -0.25) is 13.9 Å². The summed E-state index contributed by atoms with van der Waals surface area (Å²) >= 11 is 0. The zero-order valence-corrected chi connectivity index (χ0v) is 13.5. The van der Waals surface area contributed by atoms with E-state index < -0.39 is 0 Å². The van der Waals surface area contributed by atoms with Crippen LogP contribution in [0.15, 0.2) is 9.59 Å². The maximum absolute atomic E-state index is 12.5. The van der Waals surface area contributed by atoms with Gasteiger partial charge in [-0.15, -0.1) is 0 Å². The molecule has 22 heavy (non-hydrogen) atoms. The minimum atomic E-state index is -0.328. The molecule has 3 rings (SSSR count). The van der Waals surface area contributed by atoms with E-state index in [0.717, 1.165) is 51.3 Å². The van der Waals surface area contributed by atoms with Crippen LogP contribution in [0.4, 0.5) is 5.95 Å². The van der Waals surface area contributed by atoms with E-state index in [-0.39, 0.29) is 11.2 Å². The second-order valence-corrected chi connectivity index (χ2v) is 5.99. The fourth-order valence-corrected chi connectivity index (χ4v) is 3.12. The first-order chi connectivity index (χ1) is 10.6. The average molecular weight is 305 g/mol. The van der Waals surface area contributed by atoms with Crippen LogP contribution in [-0.2, 0) is 20.6 Å². The third-order valence-corrected chi connectivity index (χ3v) is 4.45. The topological polar surface area (TPSA) is 65.1 Å². The number of aryl methyl sites for hydroxylation is 2. The average Bonchev–Trinajstić information content (AvgIpc) is 2.79. The lowest BCUT2D eigenvalue weighted by Gasteiger charge is -2.21. The molecule has 2 aromatic heterocycles. The first kappa shape index (κ1) is 14.9. The van der Waals surface area contributed by atoms with Gasteiger partial charge in [0.2, 0.25) is 5.95 Å². The molecule has 0 amide bonds. The molecule has 0 saturated heterocycles. The summed E-state index contributed by atoms with van der Waals surface area (Å²) in [6.07, 6.45) is 4.34. The lowest BCUT2D eigenvalue weighted by molar-refractivity contribution is 0.651. The first-order valence-electron chi connectivity index (χ1n) is 7.97. The van der Waals surface area contributed by atoms with Crippen LogP contribution in [-0.4, -0.2) is 31.8 Å². The van der Waals surface area contributed by atoms with Crippen molar-refractivity contribution in [3.05, 3.63) is 20.8 Å². The minimum absolute atomic E-state index is 0.255. The molecule has 0 unspecified atom stereocenters. The SMILES string of the molecule is CCCCN1CCCCn2c1nc1c2c(=O)n(C)c(=O)n1C. The Morgan fingerprint density at radius 2 is 1.82 bits per heavy atom. The second-order valence-electron chi connectivity index (χ2n) is 5.99. The first-order valence-corrected chi connectivity index (χ1v) is 7.97. The number of hydrogen-bond donors (Lipinski definition) is 0. The van der Waals surface area contributed by atoms with E-state index in [1.165, 1.54) is 16.2 Å². The van der Waals surface area contributed by atoms with E-state index in [1.54, 1.807) is 7.05 Å². The van der Waals surface area contributed by atoms with Gasteiger partial charge in [0.25, 0.3) is 5.56 Å². The zero-order valence-electron chi connectivity index (χ0n) is 13.5. The second kappa shape index (κ2) is 5.62. The van der Waals surface area contributed by atoms with Gasteiger partial charge in [-0.2, -0.15) is 4.98 Å².